The summed E-state index contributed by atoms with van der Waals surface area (Å²) in [5, 5.41) is 23.3. The van der Waals surface area contributed by atoms with Crippen LogP contribution in [0.1, 0.15) is 406 Å². The van der Waals surface area contributed by atoms with Crippen LogP contribution in [0.3, 0.4) is 0 Å². The molecule has 77 heavy (non-hydrogen) atoms. The predicted octanol–water partition coefficient (Wildman–Crippen LogP) is 22.8. The van der Waals surface area contributed by atoms with Crippen LogP contribution in [0.5, 0.6) is 0 Å². The van der Waals surface area contributed by atoms with E-state index in [2.05, 4.69) is 31.3 Å². The van der Waals surface area contributed by atoms with Gasteiger partial charge in [-0.25, -0.2) is 0 Å². The molecule has 0 saturated heterocycles. The van der Waals surface area contributed by atoms with Crippen LogP contribution in [0.25, 0.3) is 0 Å². The number of aliphatic hydroxyl groups is 2. The average Bonchev–Trinajstić information content (AvgIpc) is 3.43. The van der Waals surface area contributed by atoms with Crippen molar-refractivity contribution in [2.75, 3.05) is 13.2 Å². The lowest BCUT2D eigenvalue weighted by atomic mass is 10.0. The summed E-state index contributed by atoms with van der Waals surface area (Å²) in [6.07, 6.45) is 82.8. The number of esters is 1. The molecule has 0 aromatic rings. The van der Waals surface area contributed by atoms with Crippen LogP contribution in [0, 0.1) is 0 Å². The van der Waals surface area contributed by atoms with Gasteiger partial charge in [-0.2, -0.15) is 0 Å². The van der Waals surface area contributed by atoms with E-state index in [1.165, 1.54) is 327 Å². The van der Waals surface area contributed by atoms with Gasteiger partial charge in [-0.3, -0.25) is 9.59 Å². The molecule has 6 heteroatoms. The van der Waals surface area contributed by atoms with Crippen molar-refractivity contribution in [2.24, 2.45) is 0 Å². The molecule has 0 aliphatic rings. The molecule has 458 valence electrons. The normalized spacial score (nSPS) is 12.5. The lowest BCUT2D eigenvalue weighted by Gasteiger charge is -2.22. The van der Waals surface area contributed by atoms with Crippen molar-refractivity contribution >= 4 is 11.9 Å². The Morgan fingerprint density at radius 2 is 0.610 bits per heavy atom. The van der Waals surface area contributed by atoms with Crippen LogP contribution < -0.4 is 5.32 Å². The van der Waals surface area contributed by atoms with Gasteiger partial charge in [0.2, 0.25) is 5.91 Å². The highest BCUT2D eigenvalue weighted by atomic mass is 16.5. The van der Waals surface area contributed by atoms with Crippen molar-refractivity contribution in [1.82, 2.24) is 5.32 Å². The lowest BCUT2D eigenvalue weighted by molar-refractivity contribution is -0.143. The maximum absolute atomic E-state index is 12.5. The van der Waals surface area contributed by atoms with E-state index in [0.29, 0.717) is 25.9 Å². The van der Waals surface area contributed by atoms with Crippen LogP contribution in [-0.4, -0.2) is 47.4 Å². The minimum Gasteiger partial charge on any atom is -0.466 e. The van der Waals surface area contributed by atoms with Crippen molar-refractivity contribution in [1.29, 1.82) is 0 Å². The fourth-order valence-corrected chi connectivity index (χ4v) is 11.4. The van der Waals surface area contributed by atoms with Crippen LogP contribution in [0.15, 0.2) is 12.2 Å². The van der Waals surface area contributed by atoms with Crippen LogP contribution in [-0.2, 0) is 14.3 Å². The molecule has 6 nitrogen and oxygen atoms in total. The summed E-state index contributed by atoms with van der Waals surface area (Å²) in [6.45, 7) is 4.96. The van der Waals surface area contributed by atoms with E-state index in [9.17, 15) is 19.8 Å². The summed E-state index contributed by atoms with van der Waals surface area (Å²) in [4.78, 5) is 24.5. The Morgan fingerprint density at radius 3 is 0.948 bits per heavy atom. The fourth-order valence-electron chi connectivity index (χ4n) is 11.4. The SMILES string of the molecule is CCCCC/C=C\CCCCCCCC(=O)OCCCCCCCCCCCCCCCCCCCCCCCCCCCCCCCCCCCCCC(=O)NC(CO)C(O)CCCCCCCCCCCCCCC. The maximum Gasteiger partial charge on any atom is 0.305 e. The Hall–Kier alpha value is -1.40. The monoisotopic (exact) mass is 1090 g/mol. The summed E-state index contributed by atoms with van der Waals surface area (Å²) >= 11 is 0. The fraction of sp³-hybridized carbons (Fsp3) is 0.944. The minimum atomic E-state index is -0.659. The zero-order valence-electron chi connectivity index (χ0n) is 52.5. The first-order valence-corrected chi connectivity index (χ1v) is 35.4. The van der Waals surface area contributed by atoms with Gasteiger partial charge in [-0.05, 0) is 51.4 Å². The second kappa shape index (κ2) is 67.1. The Morgan fingerprint density at radius 1 is 0.351 bits per heavy atom. The molecule has 1 amide bonds. The molecule has 0 spiro atoms. The van der Waals surface area contributed by atoms with E-state index in [1.54, 1.807) is 0 Å². The molecule has 0 radical (unpaired) electrons. The molecule has 0 aliphatic heterocycles. The minimum absolute atomic E-state index is 0.0131. The van der Waals surface area contributed by atoms with E-state index in [1.807, 2.05) is 0 Å². The molecule has 0 aromatic heterocycles. The van der Waals surface area contributed by atoms with Crippen LogP contribution in [0.4, 0.5) is 0 Å². The topological polar surface area (TPSA) is 95.9 Å². The smallest absolute Gasteiger partial charge is 0.305 e. The summed E-state index contributed by atoms with van der Waals surface area (Å²) in [5.74, 6) is -0.0141. The zero-order chi connectivity index (χ0) is 55.7. The third-order valence-electron chi connectivity index (χ3n) is 16.8. The number of hydrogen-bond donors (Lipinski definition) is 3. The molecule has 0 heterocycles. The van der Waals surface area contributed by atoms with Crippen LogP contribution >= 0.6 is 0 Å². The molecular formula is C71H139NO5. The van der Waals surface area contributed by atoms with Gasteiger partial charge in [0.15, 0.2) is 0 Å². The van der Waals surface area contributed by atoms with Gasteiger partial charge < -0.3 is 20.3 Å². The van der Waals surface area contributed by atoms with Crippen molar-refractivity contribution in [3.63, 3.8) is 0 Å². The summed E-state index contributed by atoms with van der Waals surface area (Å²) in [7, 11) is 0. The van der Waals surface area contributed by atoms with Gasteiger partial charge in [0.25, 0.3) is 0 Å². The first kappa shape index (κ1) is 75.6. The van der Waals surface area contributed by atoms with Gasteiger partial charge in [0.05, 0.1) is 25.4 Å². The van der Waals surface area contributed by atoms with E-state index < -0.39 is 12.1 Å². The highest BCUT2D eigenvalue weighted by molar-refractivity contribution is 5.76. The number of amides is 1. The van der Waals surface area contributed by atoms with Gasteiger partial charge >= 0.3 is 5.97 Å². The Bertz CT molecular complexity index is 1160. The van der Waals surface area contributed by atoms with Crippen LogP contribution in [0.2, 0.25) is 0 Å². The Balaban J connectivity index is 3.29. The standard InChI is InChI=1S/C71H139NO5/c1-3-5-7-9-11-13-15-40-43-47-51-55-59-63-69(74)68(67-73)72-70(75)64-60-56-52-48-44-41-38-36-34-32-30-28-26-24-22-20-18-17-19-21-23-25-27-29-31-33-35-37-39-42-46-50-54-58-62-66-77-71(76)65-61-57-53-49-45-16-14-12-10-8-6-4-2/h12,14,68-69,73-74H,3-11,13,15-67H2,1-2H3,(H,72,75)/b14-12-. The Labute approximate surface area is 482 Å². The van der Waals surface area contributed by atoms with E-state index in [0.717, 1.165) is 44.9 Å². The van der Waals surface area contributed by atoms with Crippen molar-refractivity contribution in [3.05, 3.63) is 12.2 Å². The number of allylic oxidation sites excluding steroid dienone is 2. The first-order valence-electron chi connectivity index (χ1n) is 35.4. The lowest BCUT2D eigenvalue weighted by Crippen LogP contribution is -2.45. The average molecular weight is 1090 g/mol. The molecular weight excluding hydrogens is 947 g/mol. The Kier molecular flexibility index (Phi) is 65.9. The molecule has 0 rings (SSSR count). The van der Waals surface area contributed by atoms with Gasteiger partial charge in [-0.15, -0.1) is 0 Å². The quantitative estimate of drug-likeness (QED) is 0.0320. The van der Waals surface area contributed by atoms with Gasteiger partial charge in [0, 0.05) is 12.8 Å². The number of ether oxygens (including phenoxy) is 1. The van der Waals surface area contributed by atoms with Gasteiger partial charge in [-0.1, -0.05) is 353 Å². The number of nitrogens with one attached hydrogen (secondary N) is 1. The number of carbonyl (C=O) groups excluding carboxylic acids is 2. The van der Waals surface area contributed by atoms with E-state index >= 15 is 0 Å². The predicted molar refractivity (Wildman–Crippen MR) is 338 cm³/mol. The molecule has 0 bridgehead atoms. The highest BCUT2D eigenvalue weighted by Gasteiger charge is 2.20. The molecule has 2 unspecified atom stereocenters. The van der Waals surface area contributed by atoms with Gasteiger partial charge in [0.1, 0.15) is 0 Å². The number of carbonyl (C=O) groups is 2. The maximum atomic E-state index is 12.5. The van der Waals surface area contributed by atoms with Crippen molar-refractivity contribution in [3.8, 4) is 0 Å². The third kappa shape index (κ3) is 63.6. The van der Waals surface area contributed by atoms with Crippen molar-refractivity contribution in [2.45, 2.75) is 418 Å². The number of unbranched alkanes of at least 4 members (excludes halogenated alkanes) is 54. The molecule has 0 aromatic carbocycles. The second-order valence-electron chi connectivity index (χ2n) is 24.6. The largest absolute Gasteiger partial charge is 0.466 e. The van der Waals surface area contributed by atoms with E-state index in [-0.39, 0.29) is 18.5 Å². The number of aliphatic hydroxyl groups excluding tert-OH is 2. The highest BCUT2D eigenvalue weighted by Crippen LogP contribution is 2.19. The number of rotatable bonds is 67. The molecule has 0 saturated carbocycles. The molecule has 0 fully saturated rings. The summed E-state index contributed by atoms with van der Waals surface area (Å²) in [6, 6.07) is -0.536. The van der Waals surface area contributed by atoms with Crippen molar-refractivity contribution < 1.29 is 24.5 Å². The third-order valence-corrected chi connectivity index (χ3v) is 16.8. The first-order chi connectivity index (χ1) is 38.0. The number of hydrogen-bond acceptors (Lipinski definition) is 5. The second-order valence-corrected chi connectivity index (χ2v) is 24.6. The molecule has 2 atom stereocenters. The summed E-state index contributed by atoms with van der Waals surface area (Å²) < 4.78 is 5.48. The molecule has 3 N–H and O–H groups in total. The molecule has 0 aliphatic carbocycles. The zero-order valence-corrected chi connectivity index (χ0v) is 52.5. The van der Waals surface area contributed by atoms with E-state index in [4.69, 9.17) is 4.74 Å². The summed E-state index contributed by atoms with van der Waals surface area (Å²) in [5.41, 5.74) is 0.